The average molecular weight is 176 g/mol. The first-order valence-corrected chi connectivity index (χ1v) is 4.28. The minimum Gasteiger partial charge on any atom is -0.366 e. The summed E-state index contributed by atoms with van der Waals surface area (Å²) in [6.45, 7) is 4.29. The number of aromatic nitrogens is 3. The highest BCUT2D eigenvalue weighted by Crippen LogP contribution is 2.15. The topological polar surface area (TPSA) is 56.2 Å². The van der Waals surface area contributed by atoms with Crippen molar-refractivity contribution in [1.29, 1.82) is 0 Å². The van der Waals surface area contributed by atoms with Crippen LogP contribution in [-0.2, 0) is 0 Å². The molecule has 13 heavy (non-hydrogen) atoms. The van der Waals surface area contributed by atoms with Gasteiger partial charge in [0.15, 0.2) is 5.65 Å². The Kier molecular flexibility index (Phi) is 1.69. The number of hydrogen-bond donors (Lipinski definition) is 1. The molecule has 0 unspecified atom stereocenters. The third kappa shape index (κ3) is 1.35. The van der Waals surface area contributed by atoms with E-state index >= 15 is 0 Å². The zero-order valence-electron chi connectivity index (χ0n) is 7.73. The van der Waals surface area contributed by atoms with Gasteiger partial charge in [-0.3, -0.25) is 0 Å². The first-order chi connectivity index (χ1) is 6.16. The molecule has 0 atom stereocenters. The van der Waals surface area contributed by atoms with E-state index in [0.29, 0.717) is 11.9 Å². The fourth-order valence-electron chi connectivity index (χ4n) is 1.27. The third-order valence-corrected chi connectivity index (χ3v) is 2.04. The summed E-state index contributed by atoms with van der Waals surface area (Å²) in [4.78, 5) is 4.09. The van der Waals surface area contributed by atoms with Gasteiger partial charge < -0.3 is 5.73 Å². The van der Waals surface area contributed by atoms with Gasteiger partial charge in [0, 0.05) is 6.20 Å². The largest absolute Gasteiger partial charge is 0.366 e. The highest BCUT2D eigenvalue weighted by Gasteiger charge is 2.03. The molecule has 4 nitrogen and oxygen atoms in total. The van der Waals surface area contributed by atoms with Crippen molar-refractivity contribution in [2.45, 2.75) is 19.8 Å². The van der Waals surface area contributed by atoms with Crippen LogP contribution in [-0.4, -0.2) is 14.6 Å². The highest BCUT2D eigenvalue weighted by molar-refractivity contribution is 5.44. The molecule has 0 saturated heterocycles. The van der Waals surface area contributed by atoms with Crippen molar-refractivity contribution in [1.82, 2.24) is 14.6 Å². The number of pyridine rings is 1. The summed E-state index contributed by atoms with van der Waals surface area (Å²) in [5.74, 6) is 0.823. The van der Waals surface area contributed by atoms with Crippen molar-refractivity contribution >= 4 is 11.6 Å². The molecule has 0 aromatic carbocycles. The SMILES string of the molecule is CC(C)c1ccn2nc(N)nc2c1. The third-order valence-electron chi connectivity index (χ3n) is 2.04. The molecule has 0 aliphatic rings. The standard InChI is InChI=1S/C9H12N4/c1-6(2)7-3-4-13-8(5-7)11-9(10)12-13/h3-6H,1-2H3,(H2,10,12). The van der Waals surface area contributed by atoms with E-state index in [2.05, 4.69) is 23.9 Å². The minimum atomic E-state index is 0.320. The number of rotatable bonds is 1. The van der Waals surface area contributed by atoms with Crippen molar-refractivity contribution in [3.8, 4) is 0 Å². The summed E-state index contributed by atoms with van der Waals surface area (Å²) in [7, 11) is 0. The lowest BCUT2D eigenvalue weighted by Gasteiger charge is -2.03. The summed E-state index contributed by atoms with van der Waals surface area (Å²) in [6.07, 6.45) is 1.88. The second kappa shape index (κ2) is 2.73. The Morgan fingerprint density at radius 3 is 2.92 bits per heavy atom. The molecule has 2 aromatic rings. The van der Waals surface area contributed by atoms with E-state index in [4.69, 9.17) is 5.73 Å². The van der Waals surface area contributed by atoms with E-state index < -0.39 is 0 Å². The number of nitrogens with zero attached hydrogens (tertiary/aromatic N) is 3. The molecule has 2 heterocycles. The van der Waals surface area contributed by atoms with Gasteiger partial charge in [-0.1, -0.05) is 13.8 Å². The van der Waals surface area contributed by atoms with Crippen LogP contribution in [0, 0.1) is 0 Å². The Bertz CT molecular complexity index is 430. The van der Waals surface area contributed by atoms with Crippen LogP contribution in [0.4, 0.5) is 5.95 Å². The molecule has 2 aromatic heterocycles. The van der Waals surface area contributed by atoms with Crippen LogP contribution in [0.25, 0.3) is 5.65 Å². The number of anilines is 1. The van der Waals surface area contributed by atoms with Crippen LogP contribution in [0.15, 0.2) is 18.3 Å². The molecular weight excluding hydrogens is 164 g/mol. The van der Waals surface area contributed by atoms with Gasteiger partial charge in [0.25, 0.3) is 0 Å². The molecule has 68 valence electrons. The van der Waals surface area contributed by atoms with E-state index in [1.54, 1.807) is 4.52 Å². The Morgan fingerprint density at radius 1 is 1.46 bits per heavy atom. The fraction of sp³-hybridized carbons (Fsp3) is 0.333. The number of hydrogen-bond acceptors (Lipinski definition) is 3. The zero-order valence-corrected chi connectivity index (χ0v) is 7.73. The lowest BCUT2D eigenvalue weighted by atomic mass is 10.1. The first-order valence-electron chi connectivity index (χ1n) is 4.28. The number of nitrogens with two attached hydrogens (primary N) is 1. The summed E-state index contributed by atoms with van der Waals surface area (Å²) in [5.41, 5.74) is 7.53. The van der Waals surface area contributed by atoms with Crippen LogP contribution < -0.4 is 5.73 Å². The molecule has 2 N–H and O–H groups in total. The second-order valence-electron chi connectivity index (χ2n) is 3.39. The maximum atomic E-state index is 5.47. The van der Waals surface area contributed by atoms with E-state index in [-0.39, 0.29) is 0 Å². The summed E-state index contributed by atoms with van der Waals surface area (Å²) >= 11 is 0. The summed E-state index contributed by atoms with van der Waals surface area (Å²) in [6, 6.07) is 4.04. The lowest BCUT2D eigenvalue weighted by Crippen LogP contribution is -1.92. The quantitative estimate of drug-likeness (QED) is 0.715. The predicted octanol–water partition coefficient (Wildman–Crippen LogP) is 1.43. The van der Waals surface area contributed by atoms with Gasteiger partial charge in [-0.05, 0) is 23.6 Å². The van der Waals surface area contributed by atoms with Crippen LogP contribution >= 0.6 is 0 Å². The summed E-state index contributed by atoms with van der Waals surface area (Å²) in [5, 5.41) is 4.00. The zero-order chi connectivity index (χ0) is 9.42. The van der Waals surface area contributed by atoms with Crippen LogP contribution in [0.3, 0.4) is 0 Å². The molecule has 0 fully saturated rings. The lowest BCUT2D eigenvalue weighted by molar-refractivity contribution is 0.855. The van der Waals surface area contributed by atoms with Crippen molar-refractivity contribution in [2.24, 2.45) is 0 Å². The van der Waals surface area contributed by atoms with Crippen LogP contribution in [0.5, 0.6) is 0 Å². The molecule has 0 amide bonds. The Balaban J connectivity index is 2.61. The highest BCUT2D eigenvalue weighted by atomic mass is 15.3. The molecule has 0 radical (unpaired) electrons. The molecule has 4 heteroatoms. The van der Waals surface area contributed by atoms with Gasteiger partial charge in [-0.15, -0.1) is 5.10 Å². The molecule has 0 saturated carbocycles. The maximum absolute atomic E-state index is 5.47. The molecular formula is C9H12N4. The van der Waals surface area contributed by atoms with Gasteiger partial charge in [0.05, 0.1) is 0 Å². The van der Waals surface area contributed by atoms with E-state index in [0.717, 1.165) is 5.65 Å². The van der Waals surface area contributed by atoms with Crippen molar-refractivity contribution in [3.05, 3.63) is 23.9 Å². The van der Waals surface area contributed by atoms with Crippen molar-refractivity contribution in [3.63, 3.8) is 0 Å². The van der Waals surface area contributed by atoms with Crippen molar-refractivity contribution < 1.29 is 0 Å². The van der Waals surface area contributed by atoms with Crippen LogP contribution in [0.1, 0.15) is 25.3 Å². The monoisotopic (exact) mass is 176 g/mol. The number of fused-ring (bicyclic) bond motifs is 1. The van der Waals surface area contributed by atoms with Gasteiger partial charge in [-0.25, -0.2) is 4.52 Å². The second-order valence-corrected chi connectivity index (χ2v) is 3.39. The van der Waals surface area contributed by atoms with Crippen molar-refractivity contribution in [2.75, 3.05) is 5.73 Å². The minimum absolute atomic E-state index is 0.320. The van der Waals surface area contributed by atoms with E-state index in [1.165, 1.54) is 5.56 Å². The molecule has 0 aliphatic heterocycles. The number of nitrogen functional groups attached to an aromatic ring is 1. The first kappa shape index (κ1) is 8.04. The molecule has 2 rings (SSSR count). The summed E-state index contributed by atoms with van der Waals surface area (Å²) < 4.78 is 1.68. The molecule has 0 spiro atoms. The Labute approximate surface area is 76.4 Å². The molecule has 0 aliphatic carbocycles. The van der Waals surface area contributed by atoms with E-state index in [9.17, 15) is 0 Å². The normalized spacial score (nSPS) is 11.3. The van der Waals surface area contributed by atoms with Gasteiger partial charge >= 0.3 is 0 Å². The van der Waals surface area contributed by atoms with Gasteiger partial charge in [0.2, 0.25) is 5.95 Å². The van der Waals surface area contributed by atoms with Gasteiger partial charge in [-0.2, -0.15) is 4.98 Å². The van der Waals surface area contributed by atoms with E-state index in [1.807, 2.05) is 18.3 Å². The molecule has 0 bridgehead atoms. The maximum Gasteiger partial charge on any atom is 0.240 e. The van der Waals surface area contributed by atoms with Gasteiger partial charge in [0.1, 0.15) is 0 Å². The Hall–Kier alpha value is -1.58. The smallest absolute Gasteiger partial charge is 0.240 e. The Morgan fingerprint density at radius 2 is 2.23 bits per heavy atom. The fourth-order valence-corrected chi connectivity index (χ4v) is 1.27. The predicted molar refractivity (Wildman–Crippen MR) is 51.5 cm³/mol. The van der Waals surface area contributed by atoms with Crippen LogP contribution in [0.2, 0.25) is 0 Å². The average Bonchev–Trinajstić information content (AvgIpc) is 2.42.